The normalized spacial score (nSPS) is 22.6. The first-order valence-electron chi connectivity index (χ1n) is 6.09. The van der Waals surface area contributed by atoms with Crippen molar-refractivity contribution in [1.82, 2.24) is 4.98 Å². The summed E-state index contributed by atoms with van der Waals surface area (Å²) in [6, 6.07) is 0. The molecule has 1 aliphatic carbocycles. The minimum absolute atomic E-state index is 0.248. The lowest BCUT2D eigenvalue weighted by atomic mass is 9.80. The molecule has 1 heterocycles. The predicted octanol–water partition coefficient (Wildman–Crippen LogP) is 1.87. The summed E-state index contributed by atoms with van der Waals surface area (Å²) < 4.78 is 10.1. The van der Waals surface area contributed by atoms with Crippen LogP contribution in [0.2, 0.25) is 0 Å². The Morgan fingerprint density at radius 2 is 2.28 bits per heavy atom. The van der Waals surface area contributed by atoms with Crippen molar-refractivity contribution in [2.75, 3.05) is 19.5 Å². The van der Waals surface area contributed by atoms with Crippen LogP contribution in [0.4, 0.5) is 5.00 Å². The van der Waals surface area contributed by atoms with Crippen molar-refractivity contribution in [3.63, 3.8) is 0 Å². The average Bonchev–Trinajstić information content (AvgIpc) is 2.67. The highest BCUT2D eigenvalue weighted by Crippen LogP contribution is 2.34. The van der Waals surface area contributed by atoms with E-state index in [1.165, 1.54) is 18.4 Å². The average molecular weight is 270 g/mol. The summed E-state index contributed by atoms with van der Waals surface area (Å²) in [5, 5.41) is 1.35. The van der Waals surface area contributed by atoms with Gasteiger partial charge in [-0.15, -0.1) is 11.3 Å². The number of hydrogen-bond donors (Lipinski definition) is 1. The number of thiazole rings is 1. The standard InChI is InChI=1S/C12H18N2O3S/c1-3-17-8-4-7(5-8)6-9-14-10(11(13)18-9)12(15)16-2/h7-8H,3-6,13H2,1-2H3. The van der Waals surface area contributed by atoms with Crippen molar-refractivity contribution in [3.05, 3.63) is 10.7 Å². The molecule has 6 heteroatoms. The number of ether oxygens (including phenoxy) is 2. The van der Waals surface area contributed by atoms with Gasteiger partial charge in [0.2, 0.25) is 0 Å². The summed E-state index contributed by atoms with van der Waals surface area (Å²) in [6.07, 6.45) is 3.41. The van der Waals surface area contributed by atoms with Crippen molar-refractivity contribution in [2.45, 2.75) is 32.3 Å². The molecule has 1 saturated carbocycles. The van der Waals surface area contributed by atoms with Crippen molar-refractivity contribution in [1.29, 1.82) is 0 Å². The maximum atomic E-state index is 11.4. The van der Waals surface area contributed by atoms with E-state index in [9.17, 15) is 4.79 Å². The summed E-state index contributed by atoms with van der Waals surface area (Å²) in [6.45, 7) is 2.78. The molecule has 0 saturated heterocycles. The lowest BCUT2D eigenvalue weighted by Crippen LogP contribution is -2.32. The Kier molecular flexibility index (Phi) is 4.19. The third-order valence-corrected chi connectivity index (χ3v) is 4.04. The molecule has 1 aromatic rings. The SMILES string of the molecule is CCOC1CC(Cc2nc(C(=O)OC)c(N)s2)C1. The van der Waals surface area contributed by atoms with Gasteiger partial charge in [-0.25, -0.2) is 9.78 Å². The number of anilines is 1. The first-order chi connectivity index (χ1) is 8.63. The molecule has 18 heavy (non-hydrogen) atoms. The number of nitrogen functional groups attached to an aromatic ring is 1. The third-order valence-electron chi connectivity index (χ3n) is 3.13. The van der Waals surface area contributed by atoms with E-state index in [-0.39, 0.29) is 5.69 Å². The highest BCUT2D eigenvalue weighted by atomic mass is 32.1. The molecule has 5 nitrogen and oxygen atoms in total. The summed E-state index contributed by atoms with van der Waals surface area (Å²) in [7, 11) is 1.33. The van der Waals surface area contributed by atoms with E-state index in [1.54, 1.807) is 0 Å². The van der Waals surface area contributed by atoms with Gasteiger partial charge in [-0.05, 0) is 25.7 Å². The van der Waals surface area contributed by atoms with Gasteiger partial charge in [-0.3, -0.25) is 0 Å². The fourth-order valence-corrected chi connectivity index (χ4v) is 3.10. The number of nitrogens with two attached hydrogens (primary N) is 1. The van der Waals surface area contributed by atoms with E-state index >= 15 is 0 Å². The van der Waals surface area contributed by atoms with Crippen molar-refractivity contribution in [3.8, 4) is 0 Å². The first kappa shape index (κ1) is 13.3. The van der Waals surface area contributed by atoms with E-state index in [4.69, 9.17) is 10.5 Å². The smallest absolute Gasteiger partial charge is 0.359 e. The second-order valence-electron chi connectivity index (χ2n) is 4.43. The monoisotopic (exact) mass is 270 g/mol. The van der Waals surface area contributed by atoms with Crippen molar-refractivity contribution in [2.24, 2.45) is 5.92 Å². The Morgan fingerprint density at radius 3 is 2.89 bits per heavy atom. The highest BCUT2D eigenvalue weighted by Gasteiger charge is 2.30. The van der Waals surface area contributed by atoms with Gasteiger partial charge in [0.05, 0.1) is 18.2 Å². The maximum Gasteiger partial charge on any atom is 0.359 e. The van der Waals surface area contributed by atoms with Gasteiger partial charge in [0.1, 0.15) is 5.00 Å². The van der Waals surface area contributed by atoms with Crippen LogP contribution in [-0.2, 0) is 15.9 Å². The third kappa shape index (κ3) is 2.81. The van der Waals surface area contributed by atoms with Crippen LogP contribution < -0.4 is 5.73 Å². The van der Waals surface area contributed by atoms with Crippen LogP contribution in [-0.4, -0.2) is 30.8 Å². The fraction of sp³-hybridized carbons (Fsp3) is 0.667. The van der Waals surface area contributed by atoms with Gasteiger partial charge in [0.25, 0.3) is 0 Å². The molecule has 0 amide bonds. The molecule has 0 bridgehead atoms. The number of hydrogen-bond acceptors (Lipinski definition) is 6. The van der Waals surface area contributed by atoms with E-state index in [2.05, 4.69) is 9.72 Å². The molecule has 0 aromatic carbocycles. The highest BCUT2D eigenvalue weighted by molar-refractivity contribution is 7.15. The van der Waals surface area contributed by atoms with E-state index in [0.29, 0.717) is 17.0 Å². The van der Waals surface area contributed by atoms with Crippen molar-refractivity contribution < 1.29 is 14.3 Å². The number of carbonyl (C=O) groups excluding carboxylic acids is 1. The largest absolute Gasteiger partial charge is 0.464 e. The Bertz CT molecular complexity index is 427. The lowest BCUT2D eigenvalue weighted by Gasteiger charge is -2.34. The molecular weight excluding hydrogens is 252 g/mol. The zero-order valence-electron chi connectivity index (χ0n) is 10.6. The maximum absolute atomic E-state index is 11.4. The topological polar surface area (TPSA) is 74.4 Å². The molecule has 100 valence electrons. The summed E-state index contributed by atoms with van der Waals surface area (Å²) in [5.74, 6) is 0.133. The van der Waals surface area contributed by atoms with Gasteiger partial charge in [-0.2, -0.15) is 0 Å². The number of aromatic nitrogens is 1. The minimum Gasteiger partial charge on any atom is -0.464 e. The van der Waals surface area contributed by atoms with Crippen molar-refractivity contribution >= 4 is 22.3 Å². The van der Waals surface area contributed by atoms with E-state index in [1.807, 2.05) is 6.92 Å². The first-order valence-corrected chi connectivity index (χ1v) is 6.90. The van der Waals surface area contributed by atoms with Crippen LogP contribution in [0, 0.1) is 5.92 Å². The predicted molar refractivity (Wildman–Crippen MR) is 69.7 cm³/mol. The van der Waals surface area contributed by atoms with Crippen LogP contribution in [0.15, 0.2) is 0 Å². The summed E-state index contributed by atoms with van der Waals surface area (Å²) in [5.41, 5.74) is 6.01. The Morgan fingerprint density at radius 1 is 1.56 bits per heavy atom. The number of nitrogens with zero attached hydrogens (tertiary/aromatic N) is 1. The summed E-state index contributed by atoms with van der Waals surface area (Å²) >= 11 is 1.38. The molecule has 1 aliphatic rings. The van der Waals surface area contributed by atoms with Crippen LogP contribution >= 0.6 is 11.3 Å². The number of methoxy groups -OCH3 is 1. The molecule has 0 aliphatic heterocycles. The van der Waals surface area contributed by atoms with Gasteiger partial charge in [-0.1, -0.05) is 0 Å². The minimum atomic E-state index is -0.462. The number of rotatable bonds is 5. The Hall–Kier alpha value is -1.14. The molecule has 0 radical (unpaired) electrons. The zero-order chi connectivity index (χ0) is 13.1. The van der Waals surface area contributed by atoms with Gasteiger partial charge in [0, 0.05) is 13.0 Å². The Balaban J connectivity index is 1.90. The zero-order valence-corrected chi connectivity index (χ0v) is 11.5. The second kappa shape index (κ2) is 5.67. The molecule has 1 aromatic heterocycles. The van der Waals surface area contributed by atoms with Gasteiger partial charge >= 0.3 is 5.97 Å². The van der Waals surface area contributed by atoms with Crippen LogP contribution in [0.25, 0.3) is 0 Å². The van der Waals surface area contributed by atoms with Crippen LogP contribution in [0.3, 0.4) is 0 Å². The molecule has 2 N–H and O–H groups in total. The number of carbonyl (C=O) groups is 1. The molecular formula is C12H18N2O3S. The molecule has 1 fully saturated rings. The quantitative estimate of drug-likeness (QED) is 0.827. The van der Waals surface area contributed by atoms with Crippen LogP contribution in [0.5, 0.6) is 0 Å². The van der Waals surface area contributed by atoms with Gasteiger partial charge in [0.15, 0.2) is 5.69 Å². The molecule has 0 unspecified atom stereocenters. The van der Waals surface area contributed by atoms with E-state index in [0.717, 1.165) is 30.9 Å². The second-order valence-corrected chi connectivity index (χ2v) is 5.55. The molecule has 2 rings (SSSR count). The Labute approximate surface area is 110 Å². The summed E-state index contributed by atoms with van der Waals surface area (Å²) in [4.78, 5) is 15.6. The lowest BCUT2D eigenvalue weighted by molar-refractivity contribution is -0.0240. The molecule has 0 atom stereocenters. The fourth-order valence-electron chi connectivity index (χ4n) is 2.17. The number of esters is 1. The molecule has 0 spiro atoms. The van der Waals surface area contributed by atoms with Gasteiger partial charge < -0.3 is 15.2 Å². The van der Waals surface area contributed by atoms with Crippen LogP contribution in [0.1, 0.15) is 35.3 Å². The van der Waals surface area contributed by atoms with E-state index < -0.39 is 5.97 Å².